The van der Waals surface area contributed by atoms with Crippen molar-refractivity contribution in [3.8, 4) is 5.75 Å². The van der Waals surface area contributed by atoms with Crippen LogP contribution >= 0.6 is 0 Å². The number of ether oxygens (including phenoxy) is 2. The van der Waals surface area contributed by atoms with Gasteiger partial charge in [-0.1, -0.05) is 6.07 Å². The number of hydrogen-bond donors (Lipinski definition) is 0. The number of carbonyl (C=O) groups is 2. The number of esters is 1. The summed E-state index contributed by atoms with van der Waals surface area (Å²) in [4.78, 5) is 23.5. The van der Waals surface area contributed by atoms with Crippen LogP contribution in [0.25, 0.3) is 6.08 Å². The quantitative estimate of drug-likeness (QED) is 0.318. The molecule has 1 rings (SSSR count). The Morgan fingerprint density at radius 2 is 2.10 bits per heavy atom. The first kappa shape index (κ1) is 16.8. The Kier molecular flexibility index (Phi) is 7.01. The summed E-state index contributed by atoms with van der Waals surface area (Å²) in [7, 11) is 3.81. The van der Waals surface area contributed by atoms with Gasteiger partial charge in [0.1, 0.15) is 12.0 Å². The molecule has 0 saturated carbocycles. The van der Waals surface area contributed by atoms with E-state index in [-0.39, 0.29) is 5.97 Å². The van der Waals surface area contributed by atoms with Crippen molar-refractivity contribution in [2.24, 2.45) is 0 Å². The third kappa shape index (κ3) is 5.69. The van der Waals surface area contributed by atoms with Gasteiger partial charge in [-0.05, 0) is 30.7 Å². The molecule has 5 nitrogen and oxygen atoms in total. The topological polar surface area (TPSA) is 55.8 Å². The molecule has 0 radical (unpaired) electrons. The molecule has 0 N–H and O–H groups in total. The van der Waals surface area contributed by atoms with Crippen molar-refractivity contribution < 1.29 is 19.1 Å². The van der Waals surface area contributed by atoms with E-state index in [9.17, 15) is 9.59 Å². The number of carbonyl (C=O) groups excluding carboxylic acids is 2. The Labute approximate surface area is 125 Å². The van der Waals surface area contributed by atoms with E-state index in [1.54, 1.807) is 13.0 Å². The highest BCUT2D eigenvalue weighted by Crippen LogP contribution is 2.28. The molecular formula is C16H21NO4. The van der Waals surface area contributed by atoms with Crippen molar-refractivity contribution in [2.75, 3.05) is 32.2 Å². The fraction of sp³-hybridized carbons (Fsp3) is 0.375. The first-order valence-corrected chi connectivity index (χ1v) is 6.81. The molecule has 21 heavy (non-hydrogen) atoms. The standard InChI is InChI=1S/C16H21NO4/c1-4-20-16(19)9-7-13-6-8-15(21-11-5-10-18)14(12-13)17(2)3/h6-10,12H,4-5,11H2,1-3H3/b9-7+. The monoisotopic (exact) mass is 291 g/mol. The molecule has 0 unspecified atom stereocenters. The van der Waals surface area contributed by atoms with Gasteiger partial charge in [0, 0.05) is 26.6 Å². The van der Waals surface area contributed by atoms with E-state index in [2.05, 4.69) is 0 Å². The molecule has 0 aliphatic heterocycles. The highest BCUT2D eigenvalue weighted by atomic mass is 16.5. The third-order valence-electron chi connectivity index (χ3n) is 2.66. The van der Waals surface area contributed by atoms with Crippen molar-refractivity contribution in [1.29, 1.82) is 0 Å². The van der Waals surface area contributed by atoms with Crippen molar-refractivity contribution in [2.45, 2.75) is 13.3 Å². The number of hydrogen-bond acceptors (Lipinski definition) is 5. The predicted octanol–water partition coefficient (Wildman–Crippen LogP) is 2.30. The fourth-order valence-corrected chi connectivity index (χ4v) is 1.68. The maximum absolute atomic E-state index is 11.3. The number of aldehydes is 1. The van der Waals surface area contributed by atoms with Gasteiger partial charge in [0.05, 0.1) is 18.9 Å². The van der Waals surface area contributed by atoms with Crippen LogP contribution in [-0.2, 0) is 14.3 Å². The molecule has 0 amide bonds. The molecule has 0 fully saturated rings. The predicted molar refractivity (Wildman–Crippen MR) is 82.6 cm³/mol. The lowest BCUT2D eigenvalue weighted by atomic mass is 10.1. The van der Waals surface area contributed by atoms with Crippen LogP contribution in [0.3, 0.4) is 0 Å². The van der Waals surface area contributed by atoms with Crippen molar-refractivity contribution in [3.63, 3.8) is 0 Å². The van der Waals surface area contributed by atoms with Crippen LogP contribution in [0.4, 0.5) is 5.69 Å². The summed E-state index contributed by atoms with van der Waals surface area (Å²) in [6.07, 6.45) is 4.27. The van der Waals surface area contributed by atoms with E-state index < -0.39 is 0 Å². The van der Waals surface area contributed by atoms with Crippen LogP contribution in [0.15, 0.2) is 24.3 Å². The summed E-state index contributed by atoms with van der Waals surface area (Å²) in [6.45, 7) is 2.47. The SMILES string of the molecule is CCOC(=O)/C=C/c1ccc(OCCC=O)c(N(C)C)c1. The van der Waals surface area contributed by atoms with Crippen molar-refractivity contribution in [3.05, 3.63) is 29.8 Å². The summed E-state index contributed by atoms with van der Waals surface area (Å²) >= 11 is 0. The van der Waals surface area contributed by atoms with Crippen molar-refractivity contribution in [1.82, 2.24) is 0 Å². The largest absolute Gasteiger partial charge is 0.491 e. The van der Waals surface area contributed by atoms with Crippen LogP contribution in [0.1, 0.15) is 18.9 Å². The van der Waals surface area contributed by atoms with E-state index in [0.29, 0.717) is 25.4 Å². The maximum atomic E-state index is 11.3. The number of benzene rings is 1. The molecule has 0 saturated heterocycles. The van der Waals surface area contributed by atoms with Gasteiger partial charge < -0.3 is 19.2 Å². The zero-order valence-corrected chi connectivity index (χ0v) is 12.7. The molecule has 0 heterocycles. The molecule has 1 aromatic rings. The van der Waals surface area contributed by atoms with Gasteiger partial charge in [-0.15, -0.1) is 0 Å². The highest BCUT2D eigenvalue weighted by molar-refractivity contribution is 5.87. The third-order valence-corrected chi connectivity index (χ3v) is 2.66. The van der Waals surface area contributed by atoms with Crippen molar-refractivity contribution >= 4 is 24.0 Å². The molecule has 0 spiro atoms. The minimum absolute atomic E-state index is 0.350. The average molecular weight is 291 g/mol. The van der Waals surface area contributed by atoms with Crippen LogP contribution in [-0.4, -0.2) is 39.6 Å². The Morgan fingerprint density at radius 3 is 2.71 bits per heavy atom. The van der Waals surface area contributed by atoms with Crippen LogP contribution in [0, 0.1) is 0 Å². The molecule has 0 atom stereocenters. The normalized spacial score (nSPS) is 10.4. The minimum atomic E-state index is -0.366. The van der Waals surface area contributed by atoms with Gasteiger partial charge >= 0.3 is 5.97 Å². The molecule has 0 aliphatic rings. The lowest BCUT2D eigenvalue weighted by molar-refractivity contribution is -0.137. The number of nitrogens with zero attached hydrogens (tertiary/aromatic N) is 1. The minimum Gasteiger partial charge on any atom is -0.491 e. The van der Waals surface area contributed by atoms with E-state index in [0.717, 1.165) is 17.5 Å². The summed E-state index contributed by atoms with van der Waals surface area (Å²) < 4.78 is 10.4. The molecule has 114 valence electrons. The van der Waals surface area contributed by atoms with Crippen LogP contribution < -0.4 is 9.64 Å². The smallest absolute Gasteiger partial charge is 0.330 e. The second kappa shape index (κ2) is 8.79. The molecule has 5 heteroatoms. The number of rotatable bonds is 8. The lowest BCUT2D eigenvalue weighted by Gasteiger charge is -2.18. The summed E-state index contributed by atoms with van der Waals surface area (Å²) in [5.41, 5.74) is 1.75. The Hall–Kier alpha value is -2.30. The van der Waals surface area contributed by atoms with Gasteiger partial charge in [0.2, 0.25) is 0 Å². The van der Waals surface area contributed by atoms with E-state index in [4.69, 9.17) is 9.47 Å². The molecule has 1 aromatic carbocycles. The van der Waals surface area contributed by atoms with Crippen LogP contribution in [0.2, 0.25) is 0 Å². The van der Waals surface area contributed by atoms with E-state index >= 15 is 0 Å². The Morgan fingerprint density at radius 1 is 1.33 bits per heavy atom. The summed E-state index contributed by atoms with van der Waals surface area (Å²) in [5, 5.41) is 0. The Balaban J connectivity index is 2.87. The molecule has 0 aliphatic carbocycles. The zero-order chi connectivity index (χ0) is 15.7. The van der Waals surface area contributed by atoms with Gasteiger partial charge in [0.15, 0.2) is 0 Å². The highest BCUT2D eigenvalue weighted by Gasteiger charge is 2.07. The zero-order valence-electron chi connectivity index (χ0n) is 12.7. The second-order valence-electron chi connectivity index (χ2n) is 4.51. The first-order valence-electron chi connectivity index (χ1n) is 6.81. The molecule has 0 aromatic heterocycles. The lowest BCUT2D eigenvalue weighted by Crippen LogP contribution is -2.11. The number of anilines is 1. The summed E-state index contributed by atoms with van der Waals surface area (Å²) in [6, 6.07) is 5.58. The van der Waals surface area contributed by atoms with Gasteiger partial charge in [-0.3, -0.25) is 0 Å². The Bertz CT molecular complexity index is 509. The van der Waals surface area contributed by atoms with Gasteiger partial charge in [0.25, 0.3) is 0 Å². The second-order valence-corrected chi connectivity index (χ2v) is 4.51. The van der Waals surface area contributed by atoms with Crippen LogP contribution in [0.5, 0.6) is 5.75 Å². The van der Waals surface area contributed by atoms with E-state index in [1.807, 2.05) is 37.2 Å². The molecular weight excluding hydrogens is 270 g/mol. The molecule has 0 bridgehead atoms. The fourth-order valence-electron chi connectivity index (χ4n) is 1.68. The summed E-state index contributed by atoms with van der Waals surface area (Å²) in [5.74, 6) is 0.338. The average Bonchev–Trinajstić information content (AvgIpc) is 2.46. The van der Waals surface area contributed by atoms with Gasteiger partial charge in [-0.25, -0.2) is 4.79 Å². The maximum Gasteiger partial charge on any atom is 0.330 e. The first-order chi connectivity index (χ1) is 10.1. The van der Waals surface area contributed by atoms with Gasteiger partial charge in [-0.2, -0.15) is 0 Å². The van der Waals surface area contributed by atoms with E-state index in [1.165, 1.54) is 6.08 Å².